The van der Waals surface area contributed by atoms with Crippen molar-refractivity contribution >= 4 is 41.1 Å². The van der Waals surface area contributed by atoms with E-state index in [0.717, 1.165) is 42.4 Å². The minimum atomic E-state index is -1.49. The normalized spacial score (nSPS) is 13.5. The molecule has 3 aromatic rings. The zero-order chi connectivity index (χ0) is 40.3. The zero-order valence-electron chi connectivity index (χ0n) is 31.4. The molecule has 3 rings (SSSR count). The first-order chi connectivity index (χ1) is 26.3. The molecule has 16 nitrogen and oxygen atoms in total. The van der Waals surface area contributed by atoms with Gasteiger partial charge < -0.3 is 52.6 Å². The van der Waals surface area contributed by atoms with Crippen LogP contribution in [0.25, 0.3) is 0 Å². The predicted octanol–water partition coefficient (Wildman–Crippen LogP) is 1.81. The smallest absolute Gasteiger partial charge is 0.407 e. The molecule has 11 N–H and O–H groups in total. The molecule has 0 aliphatic rings. The average Bonchev–Trinajstić information content (AvgIpc) is 3.17. The molecular weight excluding hydrogens is 732 g/mol. The number of aromatic nitrogens is 2. The quantitative estimate of drug-likeness (QED) is 0.0623. The maximum atomic E-state index is 12.9. The number of hydrogen-bond donors (Lipinski definition) is 9. The van der Waals surface area contributed by atoms with Crippen molar-refractivity contribution in [3.8, 4) is 0 Å². The maximum absolute atomic E-state index is 12.9. The largest absolute Gasteiger partial charge is 0.449 e. The van der Waals surface area contributed by atoms with Crippen molar-refractivity contribution in [2.45, 2.75) is 70.8 Å². The SMILES string of the molecule is CCCCCCN(CCNC(=O)c1ccc(CNC(=O)OC[C@@H](CNC(=O)c2nc(Cl)c(N)nc2N)Cc2ccccc2C)cc1)C[C@@H](O)[C@H](O)[C@@H](O)CO. The van der Waals surface area contributed by atoms with Crippen LogP contribution in [0.5, 0.6) is 0 Å². The van der Waals surface area contributed by atoms with Gasteiger partial charge in [-0.2, -0.15) is 0 Å². The second kappa shape index (κ2) is 23.4. The lowest BCUT2D eigenvalue weighted by molar-refractivity contribution is -0.0840. The Morgan fingerprint density at radius 3 is 2.31 bits per heavy atom. The number of aliphatic hydroxyl groups is 4. The third-order valence-electron chi connectivity index (χ3n) is 9.01. The van der Waals surface area contributed by atoms with Gasteiger partial charge in [0.25, 0.3) is 11.8 Å². The number of carbonyl (C=O) groups excluding carboxylic acids is 3. The van der Waals surface area contributed by atoms with Crippen molar-refractivity contribution < 1.29 is 39.5 Å². The van der Waals surface area contributed by atoms with Crippen molar-refractivity contribution in [2.24, 2.45) is 5.92 Å². The van der Waals surface area contributed by atoms with E-state index >= 15 is 0 Å². The summed E-state index contributed by atoms with van der Waals surface area (Å²) in [6.07, 6.45) is -0.371. The first-order valence-electron chi connectivity index (χ1n) is 18.4. The van der Waals surface area contributed by atoms with E-state index < -0.39 is 36.9 Å². The number of hydrogen-bond acceptors (Lipinski definition) is 13. The summed E-state index contributed by atoms with van der Waals surface area (Å²) in [7, 11) is 0. The molecule has 17 heteroatoms. The number of halogens is 1. The third-order valence-corrected chi connectivity index (χ3v) is 9.28. The molecule has 4 atom stereocenters. The molecule has 0 aliphatic carbocycles. The number of carbonyl (C=O) groups is 3. The Labute approximate surface area is 326 Å². The Morgan fingerprint density at radius 1 is 0.891 bits per heavy atom. The summed E-state index contributed by atoms with van der Waals surface area (Å²) in [5.74, 6) is -1.47. The van der Waals surface area contributed by atoms with Crippen LogP contribution < -0.4 is 27.4 Å². The first-order valence-corrected chi connectivity index (χ1v) is 18.8. The van der Waals surface area contributed by atoms with E-state index in [1.165, 1.54) is 0 Å². The predicted molar refractivity (Wildman–Crippen MR) is 209 cm³/mol. The standard InChI is InChI=1S/C38H55ClN8O8/c1-3-4-5-8-16-47(21-29(49)32(51)30(50)22-48)17-15-42-36(52)27-13-11-25(12-14-27)19-44-38(54)55-23-26(18-28-10-7-6-9-24(28)2)20-43-37(53)31-34(40)46-35(41)33(39)45-31/h6-7,9-14,26,29-30,32,48-51H,3-5,8,15-23H2,1-2H3,(H,42,52)(H,43,53)(H,44,54)(H4,40,41,46)/t26-,29-,30+,32+/m1/s1. The van der Waals surface area contributed by atoms with Gasteiger partial charge >= 0.3 is 6.09 Å². The highest BCUT2D eigenvalue weighted by Crippen LogP contribution is 2.18. The number of anilines is 2. The number of amides is 3. The highest BCUT2D eigenvalue weighted by atomic mass is 35.5. The Morgan fingerprint density at radius 2 is 1.62 bits per heavy atom. The zero-order valence-corrected chi connectivity index (χ0v) is 32.2. The number of alkyl carbamates (subject to hydrolysis) is 1. The maximum Gasteiger partial charge on any atom is 0.407 e. The lowest BCUT2D eigenvalue weighted by atomic mass is 9.96. The Balaban J connectivity index is 1.50. The van der Waals surface area contributed by atoms with Gasteiger partial charge in [-0.05, 0) is 55.1 Å². The van der Waals surface area contributed by atoms with Gasteiger partial charge in [0.2, 0.25) is 0 Å². The van der Waals surface area contributed by atoms with Crippen LogP contribution in [0.15, 0.2) is 48.5 Å². The molecule has 0 saturated carbocycles. The number of benzene rings is 2. The van der Waals surface area contributed by atoms with Crippen LogP contribution in [-0.2, 0) is 17.7 Å². The summed E-state index contributed by atoms with van der Waals surface area (Å²) in [5, 5.41) is 47.5. The van der Waals surface area contributed by atoms with E-state index in [2.05, 4.69) is 32.8 Å². The van der Waals surface area contributed by atoms with Gasteiger partial charge in [-0.15, -0.1) is 0 Å². The minimum Gasteiger partial charge on any atom is -0.449 e. The van der Waals surface area contributed by atoms with Crippen LogP contribution in [0.4, 0.5) is 16.4 Å². The van der Waals surface area contributed by atoms with Crippen molar-refractivity contribution in [2.75, 3.05) is 57.4 Å². The fraction of sp³-hybridized carbons (Fsp3) is 0.500. The Kier molecular flexibility index (Phi) is 19.0. The van der Waals surface area contributed by atoms with Gasteiger partial charge in [0, 0.05) is 44.2 Å². The van der Waals surface area contributed by atoms with E-state index in [0.29, 0.717) is 25.1 Å². The van der Waals surface area contributed by atoms with E-state index in [1.54, 1.807) is 24.3 Å². The monoisotopic (exact) mass is 786 g/mol. The Bertz CT molecular complexity index is 1670. The average molecular weight is 787 g/mol. The molecular formula is C38H55ClN8O8. The Hall–Kier alpha value is -4.58. The van der Waals surface area contributed by atoms with Gasteiger partial charge in [0.1, 0.15) is 12.2 Å². The molecule has 0 spiro atoms. The number of nitrogen functional groups attached to an aromatic ring is 2. The van der Waals surface area contributed by atoms with Crippen molar-refractivity contribution in [1.29, 1.82) is 0 Å². The first kappa shape index (κ1) is 44.8. The highest BCUT2D eigenvalue weighted by Gasteiger charge is 2.26. The number of ether oxygens (including phenoxy) is 1. The van der Waals surface area contributed by atoms with Crippen LogP contribution in [0.3, 0.4) is 0 Å². The molecule has 0 radical (unpaired) electrons. The molecule has 0 saturated heterocycles. The van der Waals surface area contributed by atoms with E-state index in [9.17, 15) is 29.7 Å². The summed E-state index contributed by atoms with van der Waals surface area (Å²) in [4.78, 5) is 48.1. The van der Waals surface area contributed by atoms with Gasteiger partial charge in [-0.1, -0.05) is 74.2 Å². The van der Waals surface area contributed by atoms with Gasteiger partial charge in [-0.25, -0.2) is 14.8 Å². The van der Waals surface area contributed by atoms with Crippen LogP contribution in [0.1, 0.15) is 70.1 Å². The molecule has 302 valence electrons. The van der Waals surface area contributed by atoms with Crippen LogP contribution in [0.2, 0.25) is 5.15 Å². The summed E-state index contributed by atoms with van der Waals surface area (Å²) >= 11 is 5.93. The molecule has 0 aliphatic heterocycles. The molecule has 0 fully saturated rings. The van der Waals surface area contributed by atoms with Crippen molar-refractivity contribution in [3.05, 3.63) is 81.6 Å². The molecule has 1 heterocycles. The van der Waals surface area contributed by atoms with Crippen LogP contribution >= 0.6 is 11.6 Å². The molecule has 3 amide bonds. The number of nitrogens with zero attached hydrogens (tertiary/aromatic N) is 3. The van der Waals surface area contributed by atoms with Crippen LogP contribution in [-0.4, -0.2) is 117 Å². The number of nitrogens with one attached hydrogen (secondary N) is 3. The molecule has 1 aromatic heterocycles. The van der Waals surface area contributed by atoms with Gasteiger partial charge in [0.15, 0.2) is 22.5 Å². The van der Waals surface area contributed by atoms with E-state index in [4.69, 9.17) is 32.9 Å². The summed E-state index contributed by atoms with van der Waals surface area (Å²) in [6, 6.07) is 14.5. The van der Waals surface area contributed by atoms with Gasteiger partial charge in [-0.3, -0.25) is 14.5 Å². The van der Waals surface area contributed by atoms with Gasteiger partial charge in [0.05, 0.1) is 19.3 Å². The fourth-order valence-electron chi connectivity index (χ4n) is 5.69. The topological polar surface area (TPSA) is 259 Å². The number of nitrogens with two attached hydrogens (primary N) is 2. The van der Waals surface area contributed by atoms with E-state index in [1.807, 2.05) is 36.1 Å². The summed E-state index contributed by atoms with van der Waals surface area (Å²) < 4.78 is 5.54. The number of rotatable bonds is 23. The van der Waals surface area contributed by atoms with Crippen molar-refractivity contribution in [3.63, 3.8) is 0 Å². The van der Waals surface area contributed by atoms with E-state index in [-0.39, 0.29) is 67.1 Å². The lowest BCUT2D eigenvalue weighted by Crippen LogP contribution is -2.47. The highest BCUT2D eigenvalue weighted by molar-refractivity contribution is 6.31. The molecule has 2 aromatic carbocycles. The second-order valence-corrected chi connectivity index (χ2v) is 13.8. The second-order valence-electron chi connectivity index (χ2n) is 13.4. The summed E-state index contributed by atoms with van der Waals surface area (Å²) in [5.41, 5.74) is 14.5. The third kappa shape index (κ3) is 15.2. The summed E-state index contributed by atoms with van der Waals surface area (Å²) in [6.45, 7) is 5.05. The molecule has 0 bridgehead atoms. The van der Waals surface area contributed by atoms with Crippen LogP contribution in [0, 0.1) is 12.8 Å². The number of aliphatic hydroxyl groups excluding tert-OH is 4. The number of aryl methyl sites for hydroxylation is 1. The molecule has 55 heavy (non-hydrogen) atoms. The number of unbranched alkanes of at least 4 members (excludes halogenated alkanes) is 3. The minimum absolute atomic E-state index is 0.0104. The molecule has 0 unspecified atom stereocenters. The fourth-order valence-corrected chi connectivity index (χ4v) is 5.81. The van der Waals surface area contributed by atoms with Crippen molar-refractivity contribution in [1.82, 2.24) is 30.8 Å². The lowest BCUT2D eigenvalue weighted by Gasteiger charge is -2.29.